The number of hydrazone groups is 1. The predicted octanol–water partition coefficient (Wildman–Crippen LogP) is -0.210. The molecule has 0 saturated carbocycles. The molecule has 43 heavy (non-hydrogen) atoms. The molecule has 0 saturated heterocycles. The Morgan fingerprint density at radius 1 is 0.930 bits per heavy atom. The lowest BCUT2D eigenvalue weighted by molar-refractivity contribution is 0.0935. The van der Waals surface area contributed by atoms with Crippen molar-refractivity contribution in [1.82, 2.24) is 37.4 Å². The first-order chi connectivity index (χ1) is 20.4. The van der Waals surface area contributed by atoms with Crippen LogP contribution < -0.4 is 32.7 Å². The molecule has 1 unspecified atom stereocenters. The fraction of sp³-hybridized carbons (Fsp3) is 0.346. The molecule has 0 bridgehead atoms. The number of imidazole rings is 2. The topological polar surface area (TPSA) is 177 Å². The molecule has 0 amide bonds. The number of halogens is 1. The second-order valence-corrected chi connectivity index (χ2v) is 10.7. The minimum Gasteiger partial charge on any atom is -0.491 e. The van der Waals surface area contributed by atoms with Crippen LogP contribution in [0, 0.1) is 6.92 Å². The van der Waals surface area contributed by atoms with Crippen LogP contribution in [0.2, 0.25) is 0 Å². The molecule has 1 aromatic carbocycles. The largest absolute Gasteiger partial charge is 0.491 e. The third-order valence-corrected chi connectivity index (χ3v) is 7.69. The van der Waals surface area contributed by atoms with Gasteiger partial charge in [-0.25, -0.2) is 20.0 Å². The summed E-state index contributed by atoms with van der Waals surface area (Å²) in [6, 6.07) is 7.38. The van der Waals surface area contributed by atoms with E-state index in [1.165, 1.54) is 52.7 Å². The maximum atomic E-state index is 13.1. The second kappa shape index (κ2) is 11.5. The Kier molecular flexibility index (Phi) is 7.94. The molecule has 5 rings (SSSR count). The van der Waals surface area contributed by atoms with Gasteiger partial charge in [0.2, 0.25) is 5.95 Å². The first-order valence-corrected chi connectivity index (χ1v) is 13.8. The zero-order valence-corrected chi connectivity index (χ0v) is 25.6. The van der Waals surface area contributed by atoms with Gasteiger partial charge < -0.3 is 19.0 Å². The molecule has 0 radical (unpaired) electrons. The molecule has 0 aliphatic rings. The number of ether oxygens (including phenoxy) is 1. The summed E-state index contributed by atoms with van der Waals surface area (Å²) in [6.07, 6.45) is 0.384. The number of hydrogen-bond donors (Lipinski definition) is 2. The van der Waals surface area contributed by atoms with Crippen LogP contribution >= 0.6 is 15.9 Å². The number of para-hydroxylation sites is 1. The van der Waals surface area contributed by atoms with Crippen LogP contribution in [0.4, 0.5) is 5.95 Å². The van der Waals surface area contributed by atoms with E-state index in [9.17, 15) is 24.3 Å². The van der Waals surface area contributed by atoms with Crippen molar-refractivity contribution in [2.24, 2.45) is 33.3 Å². The number of fused-ring (bicyclic) bond motifs is 2. The molecule has 0 aliphatic heterocycles. The average molecular weight is 657 g/mol. The minimum atomic E-state index is -1.06. The fourth-order valence-electron chi connectivity index (χ4n) is 4.69. The van der Waals surface area contributed by atoms with Gasteiger partial charge in [0.05, 0.1) is 13.1 Å². The molecular formula is C26H29BrN10O6. The Bertz CT molecular complexity index is 2150. The monoisotopic (exact) mass is 656 g/mol. The predicted molar refractivity (Wildman–Crippen MR) is 163 cm³/mol. The van der Waals surface area contributed by atoms with E-state index >= 15 is 0 Å². The van der Waals surface area contributed by atoms with Gasteiger partial charge >= 0.3 is 11.4 Å². The molecule has 16 nitrogen and oxygen atoms in total. The molecule has 4 aromatic heterocycles. The van der Waals surface area contributed by atoms with Crippen molar-refractivity contribution < 1.29 is 9.84 Å². The minimum absolute atomic E-state index is 0.0709. The van der Waals surface area contributed by atoms with Crippen LogP contribution in [0.1, 0.15) is 5.56 Å². The summed E-state index contributed by atoms with van der Waals surface area (Å²) in [7, 11) is 5.75. The highest BCUT2D eigenvalue weighted by molar-refractivity contribution is 9.10. The summed E-state index contributed by atoms with van der Waals surface area (Å²) in [6.45, 7) is 1.79. The summed E-state index contributed by atoms with van der Waals surface area (Å²) in [5.41, 5.74) is 2.11. The fourth-order valence-corrected chi connectivity index (χ4v) is 5.18. The van der Waals surface area contributed by atoms with Crippen molar-refractivity contribution in [2.45, 2.75) is 26.1 Å². The van der Waals surface area contributed by atoms with Crippen LogP contribution in [-0.2, 0) is 41.3 Å². The Hall–Kier alpha value is -4.77. The smallest absolute Gasteiger partial charge is 0.332 e. The molecule has 4 heterocycles. The lowest BCUT2D eigenvalue weighted by atomic mass is 10.2. The normalized spacial score (nSPS) is 12.5. The number of aryl methyl sites for hydroxylation is 3. The molecule has 2 N–H and O–H groups in total. The number of anilines is 1. The highest BCUT2D eigenvalue weighted by Crippen LogP contribution is 2.19. The third kappa shape index (κ3) is 5.20. The van der Waals surface area contributed by atoms with E-state index < -0.39 is 28.6 Å². The van der Waals surface area contributed by atoms with Crippen LogP contribution in [0.25, 0.3) is 22.3 Å². The summed E-state index contributed by atoms with van der Waals surface area (Å²) in [4.78, 5) is 59.5. The maximum absolute atomic E-state index is 13.1. The van der Waals surface area contributed by atoms with E-state index in [0.717, 1.165) is 14.7 Å². The quantitative estimate of drug-likeness (QED) is 0.123. The van der Waals surface area contributed by atoms with Gasteiger partial charge in [-0.15, -0.1) is 0 Å². The summed E-state index contributed by atoms with van der Waals surface area (Å²) in [5, 5.41) is 15.1. The van der Waals surface area contributed by atoms with Gasteiger partial charge in [-0.1, -0.05) is 18.2 Å². The third-order valence-electron chi connectivity index (χ3n) is 7.09. The van der Waals surface area contributed by atoms with Crippen molar-refractivity contribution in [2.75, 3.05) is 12.0 Å². The van der Waals surface area contributed by atoms with E-state index in [0.29, 0.717) is 10.5 Å². The molecule has 0 aliphatic carbocycles. The van der Waals surface area contributed by atoms with E-state index in [1.807, 2.05) is 25.1 Å². The van der Waals surface area contributed by atoms with Crippen LogP contribution in [0.5, 0.6) is 5.75 Å². The van der Waals surface area contributed by atoms with Crippen LogP contribution in [0.15, 0.2) is 53.3 Å². The van der Waals surface area contributed by atoms with Gasteiger partial charge in [0.15, 0.2) is 27.1 Å². The SMILES string of the molecule is Cc1ccccc1OCC(O)Cn1c(N/N=C/Cn2c(Br)nc3c2c(=O)n(C)c(=O)n3C)nc2c1c(=O)n(C)c(=O)n2C. The lowest BCUT2D eigenvalue weighted by Crippen LogP contribution is -2.38. The number of aliphatic hydroxyl groups excluding tert-OH is 1. The number of benzene rings is 1. The van der Waals surface area contributed by atoms with E-state index in [2.05, 4.69) is 36.4 Å². The Balaban J connectivity index is 1.46. The summed E-state index contributed by atoms with van der Waals surface area (Å²) < 4.78 is 13.5. The molecule has 226 valence electrons. The first-order valence-electron chi connectivity index (χ1n) is 13.0. The lowest BCUT2D eigenvalue weighted by Gasteiger charge is -2.16. The number of rotatable bonds is 9. The summed E-state index contributed by atoms with van der Waals surface area (Å²) in [5.74, 6) is 0.707. The van der Waals surface area contributed by atoms with E-state index in [-0.39, 0.29) is 48.0 Å². The van der Waals surface area contributed by atoms with Gasteiger partial charge in [-0.05, 0) is 34.5 Å². The highest BCUT2D eigenvalue weighted by atomic mass is 79.9. The van der Waals surface area contributed by atoms with Crippen molar-refractivity contribution in [3.63, 3.8) is 0 Å². The van der Waals surface area contributed by atoms with Gasteiger partial charge in [-0.2, -0.15) is 10.1 Å². The standard InChI is InChI=1S/C26H29BrN10O6/c1-14-8-6-7-9-16(14)43-13-15(38)12-37-18-20(33(3)26(42)35(5)22(18)40)30-24(37)31-28-10-11-36-17-19(29-23(36)27)32(2)25(41)34(4)21(17)39/h6-10,15,38H,11-13H2,1-5H3,(H,30,31)/b28-10+. The molecule has 0 fully saturated rings. The molecule has 0 spiro atoms. The molecule has 17 heteroatoms. The van der Waals surface area contributed by atoms with Crippen LogP contribution in [-0.4, -0.2) is 61.4 Å². The van der Waals surface area contributed by atoms with Crippen LogP contribution in [0.3, 0.4) is 0 Å². The second-order valence-electron chi connectivity index (χ2n) is 9.95. The zero-order chi connectivity index (χ0) is 31.2. The molecular weight excluding hydrogens is 628 g/mol. The maximum Gasteiger partial charge on any atom is 0.332 e. The van der Waals surface area contributed by atoms with Gasteiger partial charge in [0, 0.05) is 34.4 Å². The zero-order valence-electron chi connectivity index (χ0n) is 24.0. The number of hydrogen-bond acceptors (Lipinski definition) is 10. The summed E-state index contributed by atoms with van der Waals surface area (Å²) >= 11 is 3.33. The van der Waals surface area contributed by atoms with Gasteiger partial charge in [0.1, 0.15) is 18.5 Å². The van der Waals surface area contributed by atoms with Gasteiger partial charge in [0.25, 0.3) is 11.1 Å². The first kappa shape index (κ1) is 29.7. The van der Waals surface area contributed by atoms with Crippen molar-refractivity contribution >= 4 is 50.4 Å². The highest BCUT2D eigenvalue weighted by Gasteiger charge is 2.22. The van der Waals surface area contributed by atoms with Crippen molar-refractivity contribution in [3.8, 4) is 5.75 Å². The average Bonchev–Trinajstić information content (AvgIpc) is 3.51. The number of aromatic nitrogens is 8. The van der Waals surface area contributed by atoms with Crippen molar-refractivity contribution in [3.05, 3.63) is 76.2 Å². The van der Waals surface area contributed by atoms with Gasteiger partial charge in [-0.3, -0.25) is 27.9 Å². The van der Waals surface area contributed by atoms with E-state index in [4.69, 9.17) is 4.74 Å². The number of nitrogens with zero attached hydrogens (tertiary/aromatic N) is 9. The number of aliphatic hydroxyl groups is 1. The Morgan fingerprint density at radius 3 is 2.14 bits per heavy atom. The molecule has 1 atom stereocenters. The van der Waals surface area contributed by atoms with Crippen molar-refractivity contribution in [1.29, 1.82) is 0 Å². The Morgan fingerprint density at radius 2 is 1.51 bits per heavy atom. The van der Waals surface area contributed by atoms with E-state index in [1.54, 1.807) is 6.07 Å². The molecule has 5 aromatic rings. The Labute approximate surface area is 250 Å². The number of nitrogens with one attached hydrogen (secondary N) is 1.